The minimum atomic E-state index is -0.736. The Hall–Kier alpha value is -1.64. The third-order valence-corrected chi connectivity index (χ3v) is 2.04. The molecule has 0 saturated carbocycles. The third-order valence-electron chi connectivity index (χ3n) is 2.04. The van der Waals surface area contributed by atoms with Gasteiger partial charge in [-0.2, -0.15) is 0 Å². The topological polar surface area (TPSA) is 54.4 Å². The van der Waals surface area contributed by atoms with Gasteiger partial charge in [0.25, 0.3) is 0 Å². The van der Waals surface area contributed by atoms with Crippen molar-refractivity contribution in [1.29, 1.82) is 0 Å². The second kappa shape index (κ2) is 12.4. The van der Waals surface area contributed by atoms with E-state index in [1.54, 1.807) is 0 Å². The van der Waals surface area contributed by atoms with Gasteiger partial charge >= 0.3 is 5.97 Å². The first kappa shape index (κ1) is 15.4. The molecule has 0 atom stereocenters. The molecule has 0 saturated heterocycles. The van der Waals surface area contributed by atoms with Crippen molar-refractivity contribution in [3.05, 3.63) is 36.5 Å². The van der Waals surface area contributed by atoms with Gasteiger partial charge in [0.2, 0.25) is 0 Å². The SMILES string of the molecule is O=CCC=CCC=CCC=CCCCC(=O)O. The number of aliphatic carboxylic acids is 1. The molecule has 0 bridgehead atoms. The van der Waals surface area contributed by atoms with E-state index < -0.39 is 5.97 Å². The number of carbonyl (C=O) groups excluding carboxylic acids is 1. The third kappa shape index (κ3) is 14.4. The maximum atomic E-state index is 10.2. The number of hydrogen-bond acceptors (Lipinski definition) is 2. The first-order chi connectivity index (χ1) is 8.27. The molecule has 0 aliphatic carbocycles. The van der Waals surface area contributed by atoms with Crippen LogP contribution in [-0.2, 0) is 9.59 Å². The highest BCUT2D eigenvalue weighted by atomic mass is 16.4. The van der Waals surface area contributed by atoms with Crippen molar-refractivity contribution in [2.75, 3.05) is 0 Å². The molecular formula is C14H20O3. The number of carboxylic acids is 1. The van der Waals surface area contributed by atoms with Crippen molar-refractivity contribution >= 4 is 12.3 Å². The number of hydrogen-bond donors (Lipinski definition) is 1. The van der Waals surface area contributed by atoms with Crippen LogP contribution in [0.3, 0.4) is 0 Å². The average Bonchev–Trinajstić information content (AvgIpc) is 2.30. The van der Waals surface area contributed by atoms with Crippen LogP contribution in [0.5, 0.6) is 0 Å². The standard InChI is InChI=1S/C14H20O3/c15-13-11-9-7-5-3-1-2-4-6-8-10-12-14(16)17/h1,3-4,6-7,9,13H,2,5,8,10-12H2,(H,16,17). The summed E-state index contributed by atoms with van der Waals surface area (Å²) in [6.45, 7) is 0. The zero-order chi connectivity index (χ0) is 12.8. The van der Waals surface area contributed by atoms with Crippen molar-refractivity contribution in [2.45, 2.75) is 38.5 Å². The number of aldehydes is 1. The molecule has 0 radical (unpaired) electrons. The summed E-state index contributed by atoms with van der Waals surface area (Å²) in [5.74, 6) is -0.736. The minimum Gasteiger partial charge on any atom is -0.481 e. The number of carboxylic acid groups (broad SMARTS) is 1. The van der Waals surface area contributed by atoms with E-state index in [4.69, 9.17) is 5.11 Å². The highest BCUT2D eigenvalue weighted by Crippen LogP contribution is 1.98. The highest BCUT2D eigenvalue weighted by molar-refractivity contribution is 5.66. The van der Waals surface area contributed by atoms with Gasteiger partial charge in [-0.3, -0.25) is 4.79 Å². The Balaban J connectivity index is 3.36. The Labute approximate surface area is 103 Å². The van der Waals surface area contributed by atoms with Gasteiger partial charge in [0, 0.05) is 12.8 Å². The summed E-state index contributed by atoms with van der Waals surface area (Å²) in [5.41, 5.74) is 0. The summed E-state index contributed by atoms with van der Waals surface area (Å²) in [7, 11) is 0. The zero-order valence-corrected chi connectivity index (χ0v) is 10.0. The van der Waals surface area contributed by atoms with Crippen molar-refractivity contribution in [2.24, 2.45) is 0 Å². The molecule has 0 aromatic carbocycles. The Kier molecular flexibility index (Phi) is 11.2. The molecule has 0 aromatic rings. The Morgan fingerprint density at radius 2 is 1.41 bits per heavy atom. The van der Waals surface area contributed by atoms with Gasteiger partial charge in [-0.25, -0.2) is 0 Å². The van der Waals surface area contributed by atoms with Crippen LogP contribution in [0.1, 0.15) is 38.5 Å². The van der Waals surface area contributed by atoms with Crippen LogP contribution in [0, 0.1) is 0 Å². The fraction of sp³-hybridized carbons (Fsp3) is 0.429. The average molecular weight is 236 g/mol. The molecule has 0 rings (SSSR count). The van der Waals surface area contributed by atoms with Crippen LogP contribution in [0.15, 0.2) is 36.5 Å². The molecule has 0 fully saturated rings. The van der Waals surface area contributed by atoms with Gasteiger partial charge in [0.1, 0.15) is 6.29 Å². The lowest BCUT2D eigenvalue weighted by molar-refractivity contribution is -0.137. The molecule has 0 aliphatic heterocycles. The van der Waals surface area contributed by atoms with E-state index in [0.717, 1.165) is 25.5 Å². The van der Waals surface area contributed by atoms with Crippen molar-refractivity contribution in [3.63, 3.8) is 0 Å². The quantitative estimate of drug-likeness (QED) is 0.360. The fourth-order valence-electron chi connectivity index (χ4n) is 1.18. The first-order valence-electron chi connectivity index (χ1n) is 5.87. The van der Waals surface area contributed by atoms with Crippen LogP contribution >= 0.6 is 0 Å². The van der Waals surface area contributed by atoms with Crippen molar-refractivity contribution < 1.29 is 14.7 Å². The maximum Gasteiger partial charge on any atom is 0.303 e. The molecule has 3 nitrogen and oxygen atoms in total. The zero-order valence-electron chi connectivity index (χ0n) is 10.0. The number of allylic oxidation sites excluding steroid dienone is 6. The molecule has 0 spiro atoms. The normalized spacial score (nSPS) is 11.8. The molecule has 0 aliphatic rings. The molecule has 0 amide bonds. The molecule has 3 heteroatoms. The van der Waals surface area contributed by atoms with Gasteiger partial charge in [-0.15, -0.1) is 0 Å². The van der Waals surface area contributed by atoms with Crippen LogP contribution in [0.25, 0.3) is 0 Å². The molecule has 1 N–H and O–H groups in total. The van der Waals surface area contributed by atoms with E-state index in [1.165, 1.54) is 0 Å². The van der Waals surface area contributed by atoms with Gasteiger partial charge in [-0.1, -0.05) is 36.5 Å². The highest BCUT2D eigenvalue weighted by Gasteiger charge is 1.92. The lowest BCUT2D eigenvalue weighted by Gasteiger charge is -1.89. The Morgan fingerprint density at radius 1 is 0.882 bits per heavy atom. The van der Waals surface area contributed by atoms with Gasteiger partial charge < -0.3 is 9.90 Å². The predicted octanol–water partition coefficient (Wildman–Crippen LogP) is 3.28. The maximum absolute atomic E-state index is 10.2. The van der Waals surface area contributed by atoms with Crippen LogP contribution < -0.4 is 0 Å². The Morgan fingerprint density at radius 3 is 1.94 bits per heavy atom. The second-order valence-corrected chi connectivity index (χ2v) is 3.57. The van der Waals surface area contributed by atoms with Crippen molar-refractivity contribution in [1.82, 2.24) is 0 Å². The predicted molar refractivity (Wildman–Crippen MR) is 68.8 cm³/mol. The summed E-state index contributed by atoms with van der Waals surface area (Å²) >= 11 is 0. The van der Waals surface area contributed by atoms with E-state index >= 15 is 0 Å². The number of carbonyl (C=O) groups is 2. The molecule has 0 aromatic heterocycles. The number of unbranched alkanes of at least 4 members (excludes halogenated alkanes) is 1. The minimum absolute atomic E-state index is 0.238. The summed E-state index contributed by atoms with van der Waals surface area (Å²) in [6.07, 6.45) is 16.8. The van der Waals surface area contributed by atoms with Crippen LogP contribution in [0.4, 0.5) is 0 Å². The molecule has 0 heterocycles. The molecule has 94 valence electrons. The van der Waals surface area contributed by atoms with E-state index in [-0.39, 0.29) is 6.42 Å². The van der Waals surface area contributed by atoms with Crippen molar-refractivity contribution in [3.8, 4) is 0 Å². The summed E-state index contributed by atoms with van der Waals surface area (Å²) in [5, 5.41) is 8.41. The summed E-state index contributed by atoms with van der Waals surface area (Å²) in [6, 6.07) is 0. The van der Waals surface area contributed by atoms with E-state index in [2.05, 4.69) is 6.08 Å². The lowest BCUT2D eigenvalue weighted by Crippen LogP contribution is -1.92. The largest absolute Gasteiger partial charge is 0.481 e. The van der Waals surface area contributed by atoms with Crippen LogP contribution in [0.2, 0.25) is 0 Å². The fourth-order valence-corrected chi connectivity index (χ4v) is 1.18. The van der Waals surface area contributed by atoms with Gasteiger partial charge in [0.15, 0.2) is 0 Å². The molecule has 0 unspecified atom stereocenters. The molecular weight excluding hydrogens is 216 g/mol. The number of rotatable bonds is 10. The Bertz CT molecular complexity index is 288. The van der Waals surface area contributed by atoms with E-state index in [9.17, 15) is 9.59 Å². The summed E-state index contributed by atoms with van der Waals surface area (Å²) < 4.78 is 0. The summed E-state index contributed by atoms with van der Waals surface area (Å²) in [4.78, 5) is 20.2. The smallest absolute Gasteiger partial charge is 0.303 e. The lowest BCUT2D eigenvalue weighted by atomic mass is 10.2. The monoisotopic (exact) mass is 236 g/mol. The van der Waals surface area contributed by atoms with Gasteiger partial charge in [-0.05, 0) is 25.7 Å². The molecule has 17 heavy (non-hydrogen) atoms. The van der Waals surface area contributed by atoms with Gasteiger partial charge in [0.05, 0.1) is 0 Å². The van der Waals surface area contributed by atoms with E-state index in [1.807, 2.05) is 30.4 Å². The first-order valence-corrected chi connectivity index (χ1v) is 5.87. The van der Waals surface area contributed by atoms with Crippen LogP contribution in [-0.4, -0.2) is 17.4 Å². The second-order valence-electron chi connectivity index (χ2n) is 3.57. The van der Waals surface area contributed by atoms with E-state index in [0.29, 0.717) is 12.8 Å².